The van der Waals surface area contributed by atoms with Gasteiger partial charge in [-0.1, -0.05) is 32.9 Å². The Labute approximate surface area is 200 Å². The minimum Gasteiger partial charge on any atom is -0.507 e. The van der Waals surface area contributed by atoms with E-state index in [2.05, 4.69) is 0 Å². The molecule has 2 N–H and O–H groups in total. The number of carbonyl (C=O) groups excluding carboxylic acids is 2. The number of hydrogen-bond acceptors (Lipinski definition) is 7. The van der Waals surface area contributed by atoms with Crippen molar-refractivity contribution in [3.05, 3.63) is 52.0 Å². The molecule has 3 saturated heterocycles. The van der Waals surface area contributed by atoms with Crippen molar-refractivity contribution >= 4 is 17.5 Å². The molecule has 3 heterocycles. The van der Waals surface area contributed by atoms with Crippen LogP contribution >= 0.6 is 0 Å². The number of rotatable bonds is 6. The fourth-order valence-electron chi connectivity index (χ4n) is 4.10. The second kappa shape index (κ2) is 8.81. The van der Waals surface area contributed by atoms with Crippen LogP contribution in [-0.4, -0.2) is 81.7 Å². The zero-order valence-electron chi connectivity index (χ0n) is 20.3. The number of carbonyl (C=O) groups is 3. The molecule has 0 spiro atoms. The van der Waals surface area contributed by atoms with Gasteiger partial charge in [-0.15, -0.1) is 0 Å². The Morgan fingerprint density at radius 3 is 2.00 bits per heavy atom. The van der Waals surface area contributed by atoms with Gasteiger partial charge in [-0.25, -0.2) is 0 Å². The highest BCUT2D eigenvalue weighted by Gasteiger charge is 2.43. The molecule has 0 radical (unpaired) electrons. The summed E-state index contributed by atoms with van der Waals surface area (Å²) in [5, 5.41) is 18.7. The summed E-state index contributed by atoms with van der Waals surface area (Å²) in [6.45, 7) is 13.3. The number of carboxylic acids is 1. The Bertz CT molecular complexity index is 1100. The third-order valence-corrected chi connectivity index (χ3v) is 6.28. The topological polar surface area (TPSA) is 101 Å². The molecule has 8 nitrogen and oxygen atoms in total. The Morgan fingerprint density at radius 1 is 0.941 bits per heavy atom. The lowest BCUT2D eigenvalue weighted by Crippen LogP contribution is -2.29. The van der Waals surface area contributed by atoms with Gasteiger partial charge in [-0.2, -0.15) is 0 Å². The molecular weight excluding hydrogens is 434 g/mol. The Hall–Kier alpha value is -3.29. The summed E-state index contributed by atoms with van der Waals surface area (Å²) in [5.74, 6) is -0.433. The van der Waals surface area contributed by atoms with Crippen molar-refractivity contribution in [3.63, 3.8) is 0 Å². The van der Waals surface area contributed by atoms with E-state index in [0.717, 1.165) is 56.0 Å². The Kier molecular flexibility index (Phi) is 6.18. The maximum absolute atomic E-state index is 12.4. The van der Waals surface area contributed by atoms with Crippen LogP contribution in [0, 0.1) is 6.92 Å². The monoisotopic (exact) mass is 467 g/mol. The number of aromatic hydroxyl groups is 1. The van der Waals surface area contributed by atoms with Gasteiger partial charge in [0, 0.05) is 51.8 Å². The average Bonchev–Trinajstić information content (AvgIpc) is 3.61. The van der Waals surface area contributed by atoms with Crippen LogP contribution in [0.2, 0.25) is 0 Å². The fourth-order valence-corrected chi connectivity index (χ4v) is 4.10. The summed E-state index contributed by atoms with van der Waals surface area (Å²) in [5.41, 5.74) is 4.38. The van der Waals surface area contributed by atoms with Gasteiger partial charge in [0.2, 0.25) is 11.6 Å². The standard InChI is InChI=1S/C14H20O3.C12H13N3O2/c1-9-7-10(5-6-12(15)16)8-11(13(9)17)14(2,3)4;16-9-7-8(13-1-2-13)12(17)11(15-5-6-15)10(9)14-3-4-14/h7-8,17H,5-6H2,1-4H3,(H,15,16);7H,1-6H2. The van der Waals surface area contributed by atoms with Gasteiger partial charge in [0.05, 0.1) is 5.70 Å². The van der Waals surface area contributed by atoms with Crippen LogP contribution in [0.4, 0.5) is 0 Å². The molecule has 0 amide bonds. The van der Waals surface area contributed by atoms with E-state index < -0.39 is 5.97 Å². The van der Waals surface area contributed by atoms with Gasteiger partial charge in [0.1, 0.15) is 17.1 Å². The molecule has 5 rings (SSSR count). The van der Waals surface area contributed by atoms with Gasteiger partial charge >= 0.3 is 5.97 Å². The van der Waals surface area contributed by atoms with Crippen LogP contribution in [0.15, 0.2) is 35.3 Å². The summed E-state index contributed by atoms with van der Waals surface area (Å²) >= 11 is 0. The molecule has 34 heavy (non-hydrogen) atoms. The highest BCUT2D eigenvalue weighted by Crippen LogP contribution is 2.35. The van der Waals surface area contributed by atoms with E-state index in [9.17, 15) is 19.5 Å². The summed E-state index contributed by atoms with van der Waals surface area (Å²) < 4.78 is 0. The van der Waals surface area contributed by atoms with Crippen molar-refractivity contribution in [3.8, 4) is 5.75 Å². The molecule has 1 aliphatic carbocycles. The first-order chi connectivity index (χ1) is 16.0. The molecule has 3 fully saturated rings. The van der Waals surface area contributed by atoms with E-state index in [1.54, 1.807) is 0 Å². The summed E-state index contributed by atoms with van der Waals surface area (Å²) in [4.78, 5) is 41.0. The number of carboxylic acid groups (broad SMARTS) is 1. The number of aliphatic carboxylic acids is 1. The fraction of sp³-hybridized carbons (Fsp3) is 0.500. The second-order valence-corrected chi connectivity index (χ2v) is 10.3. The first-order valence-electron chi connectivity index (χ1n) is 11.8. The van der Waals surface area contributed by atoms with Crippen LogP contribution in [0.3, 0.4) is 0 Å². The number of allylic oxidation sites excluding steroid dienone is 1. The highest BCUT2D eigenvalue weighted by atomic mass is 16.4. The maximum Gasteiger partial charge on any atom is 0.303 e. The molecular formula is C26H33N3O5. The predicted octanol–water partition coefficient (Wildman–Crippen LogP) is 2.20. The number of ketones is 2. The number of aryl methyl sites for hydroxylation is 2. The maximum atomic E-state index is 12.4. The predicted molar refractivity (Wildman–Crippen MR) is 127 cm³/mol. The molecule has 3 aliphatic heterocycles. The largest absolute Gasteiger partial charge is 0.507 e. The van der Waals surface area contributed by atoms with Crippen LogP contribution in [-0.2, 0) is 26.2 Å². The third-order valence-electron chi connectivity index (χ3n) is 6.28. The summed E-state index contributed by atoms with van der Waals surface area (Å²) in [6, 6.07) is 3.76. The molecule has 0 unspecified atom stereocenters. The molecule has 1 aromatic carbocycles. The lowest BCUT2D eigenvalue weighted by molar-refractivity contribution is -0.137. The van der Waals surface area contributed by atoms with Gasteiger partial charge in [-0.05, 0) is 35.4 Å². The number of hydrogen-bond donors (Lipinski definition) is 2. The van der Waals surface area contributed by atoms with Crippen molar-refractivity contribution in [2.75, 3.05) is 39.3 Å². The Morgan fingerprint density at radius 2 is 1.50 bits per heavy atom. The molecule has 0 aromatic heterocycles. The van der Waals surface area contributed by atoms with Crippen LogP contribution in [0.1, 0.15) is 43.9 Å². The summed E-state index contributed by atoms with van der Waals surface area (Å²) in [6.07, 6.45) is 2.14. The molecule has 4 aliphatic rings. The van der Waals surface area contributed by atoms with Crippen LogP contribution in [0.25, 0.3) is 0 Å². The minimum atomic E-state index is -0.798. The van der Waals surface area contributed by atoms with Crippen LogP contribution < -0.4 is 0 Å². The number of nitrogens with zero attached hydrogens (tertiary/aromatic N) is 3. The first-order valence-corrected chi connectivity index (χ1v) is 11.8. The molecule has 0 atom stereocenters. The molecule has 0 saturated carbocycles. The second-order valence-electron chi connectivity index (χ2n) is 10.3. The highest BCUT2D eigenvalue weighted by molar-refractivity contribution is 6.22. The van der Waals surface area contributed by atoms with E-state index in [-0.39, 0.29) is 23.4 Å². The zero-order valence-corrected chi connectivity index (χ0v) is 20.3. The zero-order chi connectivity index (χ0) is 24.8. The van der Waals surface area contributed by atoms with Crippen molar-refractivity contribution in [2.45, 2.75) is 46.0 Å². The lowest BCUT2D eigenvalue weighted by Gasteiger charge is -2.22. The molecule has 0 bridgehead atoms. The molecule has 8 heteroatoms. The third kappa shape index (κ3) is 5.26. The van der Waals surface area contributed by atoms with Gasteiger partial charge in [0.25, 0.3) is 0 Å². The number of benzene rings is 1. The van der Waals surface area contributed by atoms with Gasteiger partial charge in [-0.3, -0.25) is 14.4 Å². The van der Waals surface area contributed by atoms with Crippen LogP contribution in [0.5, 0.6) is 5.75 Å². The molecule has 182 valence electrons. The van der Waals surface area contributed by atoms with E-state index >= 15 is 0 Å². The molecule has 1 aromatic rings. The van der Waals surface area contributed by atoms with Crippen molar-refractivity contribution in [1.82, 2.24) is 14.7 Å². The quantitative estimate of drug-likeness (QED) is 0.485. The lowest BCUT2D eigenvalue weighted by atomic mass is 9.83. The Balaban J connectivity index is 0.000000161. The number of phenols is 1. The van der Waals surface area contributed by atoms with Gasteiger partial charge in [0.15, 0.2) is 0 Å². The van der Waals surface area contributed by atoms with E-state index in [4.69, 9.17) is 5.11 Å². The first kappa shape index (κ1) is 23.9. The van der Waals surface area contributed by atoms with E-state index in [1.807, 2.05) is 54.5 Å². The normalized spacial score (nSPS) is 19.1. The smallest absolute Gasteiger partial charge is 0.303 e. The number of Topliss-reactive ketones (excluding diaryl/α,β-unsaturated/α-hetero) is 1. The van der Waals surface area contributed by atoms with Gasteiger partial charge < -0.3 is 24.9 Å². The number of phenolic OH excluding ortho intramolecular Hbond substituents is 1. The van der Waals surface area contributed by atoms with Crippen molar-refractivity contribution in [1.29, 1.82) is 0 Å². The average molecular weight is 468 g/mol. The van der Waals surface area contributed by atoms with E-state index in [0.29, 0.717) is 29.3 Å². The van der Waals surface area contributed by atoms with Crippen molar-refractivity contribution in [2.24, 2.45) is 0 Å². The minimum absolute atomic E-state index is 0.00546. The van der Waals surface area contributed by atoms with E-state index in [1.165, 1.54) is 6.08 Å². The SMILES string of the molecule is Cc1cc(CCC(=O)O)cc(C(C)(C)C)c1O.O=C1C=C(N2CC2)C(=O)C(N2CC2)=C1N1CC1. The van der Waals surface area contributed by atoms with Crippen molar-refractivity contribution < 1.29 is 24.6 Å². The summed E-state index contributed by atoms with van der Waals surface area (Å²) in [7, 11) is 0.